The van der Waals surface area contributed by atoms with Crippen LogP contribution < -0.4 is 15.2 Å². The van der Waals surface area contributed by atoms with Crippen LogP contribution in [0.2, 0.25) is 0 Å². The van der Waals surface area contributed by atoms with E-state index in [9.17, 15) is 0 Å². The third-order valence-corrected chi connectivity index (χ3v) is 3.60. The molecule has 2 rings (SSSR count). The van der Waals surface area contributed by atoms with E-state index in [1.165, 1.54) is 18.4 Å². The fourth-order valence-corrected chi connectivity index (χ4v) is 2.58. The molecule has 0 amide bonds. The number of nitrogens with two attached hydrogens (primary N) is 1. The van der Waals surface area contributed by atoms with Gasteiger partial charge in [0.2, 0.25) is 0 Å². The van der Waals surface area contributed by atoms with Gasteiger partial charge in [-0.1, -0.05) is 6.07 Å². The highest BCUT2D eigenvalue weighted by Crippen LogP contribution is 2.29. The smallest absolute Gasteiger partial charge is 0.161 e. The van der Waals surface area contributed by atoms with Gasteiger partial charge < -0.3 is 15.2 Å². The number of halogens is 1. The number of hydrogen-bond acceptors (Lipinski definition) is 4. The molecular weight excluding hydrogens is 264 g/mol. The van der Waals surface area contributed by atoms with Crippen molar-refractivity contribution in [2.45, 2.75) is 25.4 Å². The van der Waals surface area contributed by atoms with Gasteiger partial charge in [-0.15, -0.1) is 12.4 Å². The summed E-state index contributed by atoms with van der Waals surface area (Å²) in [7, 11) is 3.32. The summed E-state index contributed by atoms with van der Waals surface area (Å²) in [4.78, 5) is 2.45. The molecule has 1 fully saturated rings. The van der Waals surface area contributed by atoms with Crippen molar-refractivity contribution in [1.82, 2.24) is 4.90 Å². The Morgan fingerprint density at radius 3 is 2.63 bits per heavy atom. The van der Waals surface area contributed by atoms with Crippen LogP contribution in [0.25, 0.3) is 0 Å². The largest absolute Gasteiger partial charge is 0.493 e. The summed E-state index contributed by atoms with van der Waals surface area (Å²) < 4.78 is 10.6. The third-order valence-electron chi connectivity index (χ3n) is 3.60. The third kappa shape index (κ3) is 3.75. The molecule has 0 radical (unpaired) electrons. The lowest BCUT2D eigenvalue weighted by molar-refractivity contribution is 0.249. The van der Waals surface area contributed by atoms with E-state index in [1.54, 1.807) is 14.2 Å². The molecule has 0 spiro atoms. The van der Waals surface area contributed by atoms with Gasteiger partial charge in [-0.2, -0.15) is 0 Å². The predicted molar refractivity (Wildman–Crippen MR) is 79.3 cm³/mol. The Bertz CT molecular complexity index is 401. The molecule has 0 bridgehead atoms. The fraction of sp³-hybridized carbons (Fsp3) is 0.571. The number of hydrogen-bond donors (Lipinski definition) is 1. The van der Waals surface area contributed by atoms with Crippen LogP contribution >= 0.6 is 12.4 Å². The first-order valence-electron chi connectivity index (χ1n) is 6.43. The lowest BCUT2D eigenvalue weighted by Crippen LogP contribution is -2.34. The first kappa shape index (κ1) is 16.1. The normalized spacial score (nSPS) is 19.0. The maximum absolute atomic E-state index is 5.79. The quantitative estimate of drug-likeness (QED) is 0.900. The monoisotopic (exact) mass is 286 g/mol. The summed E-state index contributed by atoms with van der Waals surface area (Å²) in [6, 6.07) is 6.62. The van der Waals surface area contributed by atoms with Crippen molar-refractivity contribution in [2.75, 3.05) is 27.3 Å². The van der Waals surface area contributed by atoms with Gasteiger partial charge in [0.15, 0.2) is 11.5 Å². The summed E-state index contributed by atoms with van der Waals surface area (Å²) in [5, 5.41) is 0. The lowest BCUT2D eigenvalue weighted by Gasteiger charge is -2.23. The van der Waals surface area contributed by atoms with Crippen molar-refractivity contribution in [2.24, 2.45) is 5.73 Å². The second kappa shape index (κ2) is 7.58. The molecule has 4 nitrogen and oxygen atoms in total. The maximum Gasteiger partial charge on any atom is 0.161 e. The average molecular weight is 287 g/mol. The van der Waals surface area contributed by atoms with Crippen LogP contribution in [0.1, 0.15) is 18.4 Å². The molecule has 1 aliphatic rings. The summed E-state index contributed by atoms with van der Waals surface area (Å²) in [5.74, 6) is 1.57. The maximum atomic E-state index is 5.79. The van der Waals surface area contributed by atoms with E-state index >= 15 is 0 Å². The number of benzene rings is 1. The molecule has 0 saturated carbocycles. The first-order chi connectivity index (χ1) is 8.78. The van der Waals surface area contributed by atoms with Crippen molar-refractivity contribution in [1.29, 1.82) is 0 Å². The van der Waals surface area contributed by atoms with Crippen LogP contribution in [0.5, 0.6) is 11.5 Å². The molecule has 108 valence electrons. The zero-order valence-corrected chi connectivity index (χ0v) is 12.4. The minimum atomic E-state index is 0. The van der Waals surface area contributed by atoms with Crippen LogP contribution in [-0.4, -0.2) is 38.3 Å². The molecule has 0 aromatic heterocycles. The van der Waals surface area contributed by atoms with Crippen molar-refractivity contribution < 1.29 is 9.47 Å². The SMILES string of the molecule is COc1ccc(CN2CCCC2CN)cc1OC.Cl. The Kier molecular flexibility index (Phi) is 6.42. The van der Waals surface area contributed by atoms with E-state index in [4.69, 9.17) is 15.2 Å². The van der Waals surface area contributed by atoms with Crippen LogP contribution in [0, 0.1) is 0 Å². The summed E-state index contributed by atoms with van der Waals surface area (Å²) >= 11 is 0. The molecule has 1 aliphatic heterocycles. The van der Waals surface area contributed by atoms with E-state index in [2.05, 4.69) is 11.0 Å². The molecule has 2 N–H and O–H groups in total. The van der Waals surface area contributed by atoms with Crippen molar-refractivity contribution >= 4 is 12.4 Å². The molecule has 5 heteroatoms. The van der Waals surface area contributed by atoms with E-state index in [-0.39, 0.29) is 12.4 Å². The Balaban J connectivity index is 0.00000180. The van der Waals surface area contributed by atoms with Gasteiger partial charge >= 0.3 is 0 Å². The topological polar surface area (TPSA) is 47.7 Å². The number of nitrogens with zero attached hydrogens (tertiary/aromatic N) is 1. The fourth-order valence-electron chi connectivity index (χ4n) is 2.58. The highest BCUT2D eigenvalue weighted by Gasteiger charge is 2.23. The zero-order chi connectivity index (χ0) is 13.0. The van der Waals surface area contributed by atoms with Gasteiger partial charge in [0.25, 0.3) is 0 Å². The second-order valence-corrected chi connectivity index (χ2v) is 4.69. The Hall–Kier alpha value is -0.970. The van der Waals surface area contributed by atoms with E-state index in [1.807, 2.05) is 12.1 Å². The first-order valence-corrected chi connectivity index (χ1v) is 6.43. The summed E-state index contributed by atoms with van der Waals surface area (Å²) in [6.45, 7) is 2.81. The lowest BCUT2D eigenvalue weighted by atomic mass is 10.1. The van der Waals surface area contributed by atoms with Crippen LogP contribution in [0.3, 0.4) is 0 Å². The zero-order valence-electron chi connectivity index (χ0n) is 11.6. The van der Waals surface area contributed by atoms with Gasteiger partial charge in [-0.05, 0) is 37.1 Å². The van der Waals surface area contributed by atoms with Crippen LogP contribution in [0.15, 0.2) is 18.2 Å². The number of likely N-dealkylation sites (tertiary alicyclic amines) is 1. The van der Waals surface area contributed by atoms with Crippen molar-refractivity contribution in [3.05, 3.63) is 23.8 Å². The highest BCUT2D eigenvalue weighted by atomic mass is 35.5. The van der Waals surface area contributed by atoms with Crippen molar-refractivity contribution in [3.63, 3.8) is 0 Å². The molecule has 19 heavy (non-hydrogen) atoms. The van der Waals surface area contributed by atoms with Gasteiger partial charge in [-0.3, -0.25) is 4.90 Å². The molecule has 1 heterocycles. The Morgan fingerprint density at radius 1 is 1.26 bits per heavy atom. The molecule has 1 saturated heterocycles. The second-order valence-electron chi connectivity index (χ2n) is 4.69. The molecule has 1 unspecified atom stereocenters. The van der Waals surface area contributed by atoms with E-state index in [0.29, 0.717) is 6.04 Å². The van der Waals surface area contributed by atoms with E-state index in [0.717, 1.165) is 31.1 Å². The Labute approximate surface area is 121 Å². The minimum Gasteiger partial charge on any atom is -0.493 e. The van der Waals surface area contributed by atoms with Gasteiger partial charge in [-0.25, -0.2) is 0 Å². The molecular formula is C14H23ClN2O2. The number of methoxy groups -OCH3 is 2. The van der Waals surface area contributed by atoms with Gasteiger partial charge in [0.05, 0.1) is 14.2 Å². The van der Waals surface area contributed by atoms with Gasteiger partial charge in [0, 0.05) is 19.1 Å². The molecule has 1 atom stereocenters. The summed E-state index contributed by atoms with van der Waals surface area (Å²) in [5.41, 5.74) is 7.04. The van der Waals surface area contributed by atoms with Crippen LogP contribution in [-0.2, 0) is 6.54 Å². The van der Waals surface area contributed by atoms with Gasteiger partial charge in [0.1, 0.15) is 0 Å². The van der Waals surface area contributed by atoms with Crippen LogP contribution in [0.4, 0.5) is 0 Å². The Morgan fingerprint density at radius 2 is 2.00 bits per heavy atom. The van der Waals surface area contributed by atoms with Crippen molar-refractivity contribution in [3.8, 4) is 11.5 Å². The number of ether oxygens (including phenoxy) is 2. The summed E-state index contributed by atoms with van der Waals surface area (Å²) in [6.07, 6.45) is 2.46. The minimum absolute atomic E-state index is 0. The standard InChI is InChI=1S/C14H22N2O2.ClH/c1-17-13-6-5-11(8-14(13)18-2)10-16-7-3-4-12(16)9-15;/h5-6,8,12H,3-4,7,9-10,15H2,1-2H3;1H. The number of rotatable bonds is 5. The predicted octanol–water partition coefficient (Wildman–Crippen LogP) is 2.05. The molecule has 1 aromatic carbocycles. The average Bonchev–Trinajstić information content (AvgIpc) is 2.85. The molecule has 0 aliphatic carbocycles. The molecule has 1 aromatic rings. The van der Waals surface area contributed by atoms with E-state index < -0.39 is 0 Å². The highest BCUT2D eigenvalue weighted by molar-refractivity contribution is 5.85.